The zero-order valence-electron chi connectivity index (χ0n) is 12.0. The van der Waals surface area contributed by atoms with Crippen LogP contribution in [0.3, 0.4) is 0 Å². The van der Waals surface area contributed by atoms with E-state index in [4.69, 9.17) is 10.1 Å². The number of para-hydroxylation sites is 1. The Labute approximate surface area is 134 Å². The Kier molecular flexibility index (Phi) is 3.86. The van der Waals surface area contributed by atoms with Gasteiger partial charge in [-0.05, 0) is 42.3 Å². The molecule has 1 aromatic heterocycles. The lowest BCUT2D eigenvalue weighted by Crippen LogP contribution is -2.02. The third kappa shape index (κ3) is 2.70. The van der Waals surface area contributed by atoms with Crippen LogP contribution in [0.15, 0.2) is 54.6 Å². The van der Waals surface area contributed by atoms with E-state index in [9.17, 15) is 4.79 Å². The number of hydrogen-bond acceptors (Lipinski definition) is 3. The first-order valence-corrected chi connectivity index (χ1v) is 7.45. The highest BCUT2D eigenvalue weighted by Gasteiger charge is 2.15. The number of thiol groups is 1. The van der Waals surface area contributed by atoms with Crippen molar-refractivity contribution in [2.75, 3.05) is 0 Å². The van der Waals surface area contributed by atoms with Crippen molar-refractivity contribution < 1.29 is 9.90 Å². The van der Waals surface area contributed by atoms with Crippen LogP contribution in [0.4, 0.5) is 0 Å². The minimum Gasteiger partial charge on any atom is -0.478 e. The van der Waals surface area contributed by atoms with Crippen molar-refractivity contribution in [3.63, 3.8) is 0 Å². The molecular formula is C18H15NO2S. The number of nitrogens with zero attached hydrogens (tertiary/aromatic N) is 1. The number of carbonyl (C=O) groups is 1. The highest BCUT2D eigenvalue weighted by molar-refractivity contribution is 7.80. The molecule has 0 aliphatic heterocycles. The highest BCUT2D eigenvalue weighted by Crippen LogP contribution is 2.31. The van der Waals surface area contributed by atoms with E-state index in [1.165, 1.54) is 0 Å². The molecule has 1 unspecified atom stereocenters. The van der Waals surface area contributed by atoms with E-state index < -0.39 is 5.97 Å². The quantitative estimate of drug-likeness (QED) is 0.711. The summed E-state index contributed by atoms with van der Waals surface area (Å²) in [6.45, 7) is 2.02. The van der Waals surface area contributed by atoms with Crippen molar-refractivity contribution in [3.05, 3.63) is 77.0 Å². The van der Waals surface area contributed by atoms with E-state index in [2.05, 4.69) is 18.7 Å². The predicted octanol–water partition coefficient (Wildman–Crippen LogP) is 4.26. The summed E-state index contributed by atoms with van der Waals surface area (Å²) in [6, 6.07) is 16.8. The third-order valence-electron chi connectivity index (χ3n) is 3.69. The molecule has 110 valence electrons. The van der Waals surface area contributed by atoms with Crippen molar-refractivity contribution in [1.82, 2.24) is 4.98 Å². The number of pyridine rings is 1. The molecule has 22 heavy (non-hydrogen) atoms. The molecule has 3 nitrogen and oxygen atoms in total. The van der Waals surface area contributed by atoms with Gasteiger partial charge in [0.2, 0.25) is 0 Å². The van der Waals surface area contributed by atoms with Gasteiger partial charge in [0.1, 0.15) is 0 Å². The fourth-order valence-corrected chi connectivity index (χ4v) is 2.91. The molecular weight excluding hydrogens is 294 g/mol. The Morgan fingerprint density at radius 3 is 2.50 bits per heavy atom. The fourth-order valence-electron chi connectivity index (χ4n) is 2.48. The summed E-state index contributed by atoms with van der Waals surface area (Å²) in [5, 5.41) is 9.88. The van der Waals surface area contributed by atoms with E-state index in [0.29, 0.717) is 0 Å². The van der Waals surface area contributed by atoms with Crippen molar-refractivity contribution in [2.45, 2.75) is 12.2 Å². The first-order valence-electron chi connectivity index (χ1n) is 6.94. The maximum Gasteiger partial charge on any atom is 0.335 e. The Morgan fingerprint density at radius 2 is 1.82 bits per heavy atom. The maximum absolute atomic E-state index is 10.9. The molecule has 0 saturated heterocycles. The number of carboxylic acids is 1. The molecule has 0 spiro atoms. The van der Waals surface area contributed by atoms with Crippen LogP contribution in [0.1, 0.15) is 32.4 Å². The summed E-state index contributed by atoms with van der Waals surface area (Å²) in [5.74, 6) is -0.928. The molecule has 2 aromatic carbocycles. The van der Waals surface area contributed by atoms with Crippen LogP contribution in [0.5, 0.6) is 0 Å². The lowest BCUT2D eigenvalue weighted by atomic mass is 10.0. The molecule has 0 bridgehead atoms. The molecule has 3 rings (SSSR count). The molecule has 4 heteroatoms. The normalized spacial score (nSPS) is 12.3. The van der Waals surface area contributed by atoms with Crippen LogP contribution in [-0.2, 0) is 0 Å². The van der Waals surface area contributed by atoms with Crippen LogP contribution in [0.25, 0.3) is 10.9 Å². The Hall–Kier alpha value is -2.33. The number of benzene rings is 2. The van der Waals surface area contributed by atoms with Gasteiger partial charge in [0.25, 0.3) is 0 Å². The first-order chi connectivity index (χ1) is 10.6. The first kappa shape index (κ1) is 14.6. The molecule has 0 aliphatic carbocycles. The molecule has 3 aromatic rings. The molecule has 0 aliphatic rings. The summed E-state index contributed by atoms with van der Waals surface area (Å²) in [4.78, 5) is 15.6. The Balaban J connectivity index is 2.02. The summed E-state index contributed by atoms with van der Waals surface area (Å²) >= 11 is 4.68. The smallest absolute Gasteiger partial charge is 0.335 e. The number of rotatable bonds is 3. The standard InChI is InChI=1S/C18H15NO2S/c1-11-10-14-4-2-3-5-15(14)19-16(11)17(22)12-6-8-13(9-7-12)18(20)21/h2-10,17,22H,1H3,(H,20,21). The number of hydrogen-bond donors (Lipinski definition) is 2. The van der Waals surface area contributed by atoms with Gasteiger partial charge in [-0.1, -0.05) is 30.3 Å². The van der Waals surface area contributed by atoms with Crippen molar-refractivity contribution >= 4 is 29.5 Å². The van der Waals surface area contributed by atoms with Gasteiger partial charge >= 0.3 is 5.97 Å². The average Bonchev–Trinajstić information content (AvgIpc) is 2.53. The summed E-state index contributed by atoms with van der Waals surface area (Å²) < 4.78 is 0. The van der Waals surface area contributed by atoms with Crippen LogP contribution in [0.2, 0.25) is 0 Å². The lowest BCUT2D eigenvalue weighted by Gasteiger charge is -2.14. The molecule has 1 N–H and O–H groups in total. The van der Waals surface area contributed by atoms with Gasteiger partial charge in [-0.25, -0.2) is 4.79 Å². The number of aromatic nitrogens is 1. The van der Waals surface area contributed by atoms with Gasteiger partial charge < -0.3 is 5.11 Å². The number of fused-ring (bicyclic) bond motifs is 1. The van der Waals surface area contributed by atoms with Crippen LogP contribution < -0.4 is 0 Å². The van der Waals surface area contributed by atoms with Gasteiger partial charge in [-0.2, -0.15) is 12.6 Å². The van der Waals surface area contributed by atoms with E-state index in [-0.39, 0.29) is 10.8 Å². The van der Waals surface area contributed by atoms with Crippen molar-refractivity contribution in [3.8, 4) is 0 Å². The van der Waals surface area contributed by atoms with Gasteiger partial charge in [-0.3, -0.25) is 4.98 Å². The van der Waals surface area contributed by atoms with E-state index >= 15 is 0 Å². The minimum atomic E-state index is -0.928. The lowest BCUT2D eigenvalue weighted by molar-refractivity contribution is 0.0697. The summed E-state index contributed by atoms with van der Waals surface area (Å²) in [5.41, 5.74) is 4.10. The second kappa shape index (κ2) is 5.81. The molecule has 0 amide bonds. The molecule has 0 saturated carbocycles. The Morgan fingerprint density at radius 1 is 1.14 bits per heavy atom. The van der Waals surface area contributed by atoms with Gasteiger partial charge in [0.15, 0.2) is 0 Å². The topological polar surface area (TPSA) is 50.2 Å². The maximum atomic E-state index is 10.9. The predicted molar refractivity (Wildman–Crippen MR) is 90.7 cm³/mol. The highest BCUT2D eigenvalue weighted by atomic mass is 32.1. The number of carboxylic acid groups (broad SMARTS) is 1. The zero-order chi connectivity index (χ0) is 15.7. The minimum absolute atomic E-state index is 0.188. The van der Waals surface area contributed by atoms with Crippen LogP contribution in [0, 0.1) is 6.92 Å². The van der Waals surface area contributed by atoms with Crippen LogP contribution in [-0.4, -0.2) is 16.1 Å². The largest absolute Gasteiger partial charge is 0.478 e. The number of aromatic carboxylic acids is 1. The van der Waals surface area contributed by atoms with Crippen molar-refractivity contribution in [1.29, 1.82) is 0 Å². The Bertz CT molecular complexity index is 843. The molecule has 0 fully saturated rings. The molecule has 1 atom stereocenters. The van der Waals surface area contributed by atoms with Gasteiger partial charge in [0, 0.05) is 5.39 Å². The second-order valence-electron chi connectivity index (χ2n) is 5.21. The third-order valence-corrected chi connectivity index (χ3v) is 4.23. The number of aryl methyl sites for hydroxylation is 1. The average molecular weight is 309 g/mol. The monoisotopic (exact) mass is 309 g/mol. The SMILES string of the molecule is Cc1cc2ccccc2nc1C(S)c1ccc(C(=O)O)cc1. The van der Waals surface area contributed by atoms with Crippen molar-refractivity contribution in [2.24, 2.45) is 0 Å². The molecule has 1 heterocycles. The molecule has 0 radical (unpaired) electrons. The summed E-state index contributed by atoms with van der Waals surface area (Å²) in [7, 11) is 0. The van der Waals surface area contributed by atoms with E-state index in [0.717, 1.165) is 27.7 Å². The van der Waals surface area contributed by atoms with Gasteiger partial charge in [0.05, 0.1) is 22.0 Å². The van der Waals surface area contributed by atoms with Gasteiger partial charge in [-0.15, -0.1) is 0 Å². The summed E-state index contributed by atoms with van der Waals surface area (Å²) in [6.07, 6.45) is 0. The zero-order valence-corrected chi connectivity index (χ0v) is 12.9. The van der Waals surface area contributed by atoms with E-state index in [1.54, 1.807) is 24.3 Å². The van der Waals surface area contributed by atoms with Crippen LogP contribution >= 0.6 is 12.6 Å². The van der Waals surface area contributed by atoms with E-state index in [1.807, 2.05) is 31.2 Å². The second-order valence-corrected chi connectivity index (χ2v) is 5.73. The fraction of sp³-hybridized carbons (Fsp3) is 0.111.